The second-order valence-corrected chi connectivity index (χ2v) is 6.11. The average Bonchev–Trinajstić information content (AvgIpc) is 2.48. The first-order valence-corrected chi connectivity index (χ1v) is 8.29. The molecule has 0 aliphatic rings. The average molecular weight is 395 g/mol. The van der Waals surface area contributed by atoms with Crippen LogP contribution in [-0.4, -0.2) is 13.2 Å². The Morgan fingerprint density at radius 2 is 1.78 bits per heavy atom. The maximum atomic E-state index is 6.17. The highest BCUT2D eigenvalue weighted by molar-refractivity contribution is 6.35. The van der Waals surface area contributed by atoms with Crippen LogP contribution in [0.3, 0.4) is 0 Å². The van der Waals surface area contributed by atoms with E-state index in [-0.39, 0.29) is 12.4 Å². The van der Waals surface area contributed by atoms with Crippen molar-refractivity contribution in [2.24, 2.45) is 0 Å². The van der Waals surface area contributed by atoms with Crippen LogP contribution in [0.25, 0.3) is 0 Å². The standard InChI is InChI=1S/C17H18Cl3NO.ClH/c1-2-22-17-6-3-12(9-16(17)20)11-21-8-7-13-4-5-14(18)10-15(13)19;/h3-6,9-10,21H,2,7-8,11H2,1H3;1H. The zero-order chi connectivity index (χ0) is 15.9. The van der Waals surface area contributed by atoms with Crippen LogP contribution < -0.4 is 10.1 Å². The molecule has 2 rings (SSSR count). The molecule has 0 saturated carbocycles. The normalized spacial score (nSPS) is 10.3. The van der Waals surface area contributed by atoms with Gasteiger partial charge in [0.2, 0.25) is 0 Å². The molecule has 0 fully saturated rings. The molecule has 6 heteroatoms. The van der Waals surface area contributed by atoms with E-state index in [1.807, 2.05) is 37.3 Å². The Bertz CT molecular complexity index is 634. The SMILES string of the molecule is CCOc1ccc(CNCCc2ccc(Cl)cc2Cl)cc1Cl.Cl. The maximum Gasteiger partial charge on any atom is 0.137 e. The molecule has 0 radical (unpaired) electrons. The molecule has 2 aromatic carbocycles. The van der Waals surface area contributed by atoms with Crippen LogP contribution in [-0.2, 0) is 13.0 Å². The molecule has 23 heavy (non-hydrogen) atoms. The highest BCUT2D eigenvalue weighted by Crippen LogP contribution is 2.25. The molecule has 0 saturated heterocycles. The minimum absolute atomic E-state index is 0. The van der Waals surface area contributed by atoms with Gasteiger partial charge in [-0.3, -0.25) is 0 Å². The number of nitrogens with one attached hydrogen (secondary N) is 1. The van der Waals surface area contributed by atoms with Gasteiger partial charge in [0.1, 0.15) is 5.75 Å². The van der Waals surface area contributed by atoms with E-state index in [1.165, 1.54) is 0 Å². The van der Waals surface area contributed by atoms with Crippen molar-refractivity contribution in [1.29, 1.82) is 0 Å². The minimum atomic E-state index is 0. The fraction of sp³-hybridized carbons (Fsp3) is 0.294. The van der Waals surface area contributed by atoms with Gasteiger partial charge in [0.25, 0.3) is 0 Å². The zero-order valence-electron chi connectivity index (χ0n) is 12.7. The molecule has 0 heterocycles. The van der Waals surface area contributed by atoms with Gasteiger partial charge in [0, 0.05) is 16.6 Å². The Morgan fingerprint density at radius 1 is 1.00 bits per heavy atom. The number of halogens is 4. The maximum absolute atomic E-state index is 6.17. The molecule has 2 nitrogen and oxygen atoms in total. The van der Waals surface area contributed by atoms with Crippen molar-refractivity contribution in [1.82, 2.24) is 5.32 Å². The number of rotatable bonds is 7. The van der Waals surface area contributed by atoms with Gasteiger partial charge in [-0.25, -0.2) is 0 Å². The molecule has 0 aliphatic carbocycles. The molecule has 0 amide bonds. The summed E-state index contributed by atoms with van der Waals surface area (Å²) < 4.78 is 5.42. The summed E-state index contributed by atoms with van der Waals surface area (Å²) in [7, 11) is 0. The minimum Gasteiger partial charge on any atom is -0.492 e. The summed E-state index contributed by atoms with van der Waals surface area (Å²) in [6.45, 7) is 4.12. The number of benzene rings is 2. The lowest BCUT2D eigenvalue weighted by Crippen LogP contribution is -2.16. The first-order valence-electron chi connectivity index (χ1n) is 7.16. The van der Waals surface area contributed by atoms with E-state index in [1.54, 1.807) is 6.07 Å². The molecule has 0 atom stereocenters. The molecule has 0 aliphatic heterocycles. The molecule has 0 unspecified atom stereocenters. The van der Waals surface area contributed by atoms with Crippen LogP contribution in [0, 0.1) is 0 Å². The van der Waals surface area contributed by atoms with E-state index >= 15 is 0 Å². The Morgan fingerprint density at radius 3 is 2.43 bits per heavy atom. The predicted molar refractivity (Wildman–Crippen MR) is 102 cm³/mol. The van der Waals surface area contributed by atoms with Gasteiger partial charge in [0.05, 0.1) is 11.6 Å². The van der Waals surface area contributed by atoms with Gasteiger partial charge >= 0.3 is 0 Å². The highest BCUT2D eigenvalue weighted by Gasteiger charge is 2.04. The molecule has 2 aromatic rings. The van der Waals surface area contributed by atoms with E-state index in [4.69, 9.17) is 39.5 Å². The summed E-state index contributed by atoms with van der Waals surface area (Å²) in [6.07, 6.45) is 0.848. The van der Waals surface area contributed by atoms with Crippen molar-refractivity contribution in [2.75, 3.05) is 13.2 Å². The third-order valence-corrected chi connectivity index (χ3v) is 4.09. The van der Waals surface area contributed by atoms with Gasteiger partial charge in [-0.05, 0) is 55.3 Å². The van der Waals surface area contributed by atoms with Crippen molar-refractivity contribution < 1.29 is 4.74 Å². The first-order chi connectivity index (χ1) is 10.6. The summed E-state index contributed by atoms with van der Waals surface area (Å²) in [5.74, 6) is 0.723. The second-order valence-electron chi connectivity index (χ2n) is 4.86. The summed E-state index contributed by atoms with van der Waals surface area (Å²) in [4.78, 5) is 0. The monoisotopic (exact) mass is 393 g/mol. The molecular formula is C17H19Cl4NO. The number of hydrogen-bond donors (Lipinski definition) is 1. The van der Waals surface area contributed by atoms with E-state index < -0.39 is 0 Å². The topological polar surface area (TPSA) is 21.3 Å². The van der Waals surface area contributed by atoms with Crippen molar-refractivity contribution >= 4 is 47.2 Å². The quantitative estimate of drug-likeness (QED) is 0.599. The van der Waals surface area contributed by atoms with Crippen molar-refractivity contribution in [3.05, 3.63) is 62.6 Å². The lowest BCUT2D eigenvalue weighted by molar-refractivity contribution is 0.340. The van der Waals surface area contributed by atoms with Crippen LogP contribution in [0.4, 0.5) is 0 Å². The van der Waals surface area contributed by atoms with Gasteiger partial charge < -0.3 is 10.1 Å². The lowest BCUT2D eigenvalue weighted by atomic mass is 10.1. The van der Waals surface area contributed by atoms with Crippen molar-refractivity contribution in [2.45, 2.75) is 19.9 Å². The third kappa shape index (κ3) is 6.40. The highest BCUT2D eigenvalue weighted by atomic mass is 35.5. The van der Waals surface area contributed by atoms with Crippen LogP contribution in [0.5, 0.6) is 5.75 Å². The smallest absolute Gasteiger partial charge is 0.137 e. The summed E-state index contributed by atoms with van der Waals surface area (Å²) >= 11 is 18.2. The van der Waals surface area contributed by atoms with E-state index in [2.05, 4.69) is 5.32 Å². The Labute approximate surface area is 158 Å². The molecule has 0 spiro atoms. The second kappa shape index (κ2) is 10.3. The Balaban J connectivity index is 0.00000264. The fourth-order valence-electron chi connectivity index (χ4n) is 2.11. The molecule has 0 aromatic heterocycles. The number of ether oxygens (including phenoxy) is 1. The Hall–Kier alpha value is -0.640. The molecular weight excluding hydrogens is 376 g/mol. The predicted octanol–water partition coefficient (Wildman–Crippen LogP) is 5.80. The van der Waals surface area contributed by atoms with Crippen LogP contribution in [0.2, 0.25) is 15.1 Å². The van der Waals surface area contributed by atoms with Gasteiger partial charge in [0.15, 0.2) is 0 Å². The van der Waals surface area contributed by atoms with Crippen LogP contribution >= 0.6 is 47.2 Å². The molecule has 1 N–H and O–H groups in total. The summed E-state index contributed by atoms with van der Waals surface area (Å²) in [5, 5.41) is 5.39. The van der Waals surface area contributed by atoms with Crippen molar-refractivity contribution in [3.8, 4) is 5.75 Å². The third-order valence-electron chi connectivity index (χ3n) is 3.21. The molecule has 0 bridgehead atoms. The Kier molecular flexibility index (Phi) is 9.11. The van der Waals surface area contributed by atoms with Gasteiger partial charge in [-0.2, -0.15) is 0 Å². The van der Waals surface area contributed by atoms with Crippen LogP contribution in [0.1, 0.15) is 18.1 Å². The molecule has 126 valence electrons. The van der Waals surface area contributed by atoms with E-state index in [9.17, 15) is 0 Å². The lowest BCUT2D eigenvalue weighted by Gasteiger charge is -2.09. The summed E-state index contributed by atoms with van der Waals surface area (Å²) in [6, 6.07) is 11.4. The van der Waals surface area contributed by atoms with Gasteiger partial charge in [-0.15, -0.1) is 12.4 Å². The first kappa shape index (κ1) is 20.4. The zero-order valence-corrected chi connectivity index (χ0v) is 15.8. The fourth-order valence-corrected chi connectivity index (χ4v) is 2.87. The van der Waals surface area contributed by atoms with E-state index in [0.29, 0.717) is 21.7 Å². The van der Waals surface area contributed by atoms with E-state index in [0.717, 1.165) is 36.4 Å². The number of hydrogen-bond acceptors (Lipinski definition) is 2. The largest absolute Gasteiger partial charge is 0.492 e. The van der Waals surface area contributed by atoms with Crippen molar-refractivity contribution in [3.63, 3.8) is 0 Å². The summed E-state index contributed by atoms with van der Waals surface area (Å²) in [5.41, 5.74) is 2.21. The van der Waals surface area contributed by atoms with Gasteiger partial charge in [-0.1, -0.05) is 46.9 Å². The van der Waals surface area contributed by atoms with Crippen LogP contribution in [0.15, 0.2) is 36.4 Å².